The molecule has 0 unspecified atom stereocenters. The van der Waals surface area contributed by atoms with E-state index in [9.17, 15) is 14.7 Å². The number of carbonyl (C=O) groups excluding carboxylic acids is 1. The molecule has 0 spiro atoms. The summed E-state index contributed by atoms with van der Waals surface area (Å²) in [5.74, 6) is 0.626. The smallest absolute Gasteiger partial charge is 0.335 e. The topological polar surface area (TPSA) is 94.1 Å². The lowest BCUT2D eigenvalue weighted by molar-refractivity contribution is 0.0696. The van der Waals surface area contributed by atoms with Crippen LogP contribution in [0.1, 0.15) is 240 Å². The fourth-order valence-corrected chi connectivity index (χ4v) is 10.1. The van der Waals surface area contributed by atoms with Gasteiger partial charge < -0.3 is 24.6 Å². The molecule has 5 rings (SSSR count). The molecule has 0 fully saturated rings. The molecule has 0 saturated carbocycles. The summed E-state index contributed by atoms with van der Waals surface area (Å²) >= 11 is 0. The van der Waals surface area contributed by atoms with Crippen LogP contribution < -0.4 is 19.5 Å². The Labute approximate surface area is 435 Å². The van der Waals surface area contributed by atoms with Crippen molar-refractivity contribution < 1.29 is 28.9 Å². The normalized spacial score (nSPS) is 11.4. The average molecular weight is 984 g/mol. The zero-order chi connectivity index (χ0) is 50.9. The van der Waals surface area contributed by atoms with Crippen LogP contribution in [0.2, 0.25) is 0 Å². The van der Waals surface area contributed by atoms with Crippen LogP contribution in [0, 0.1) is 0 Å². The van der Waals surface area contributed by atoms with Crippen LogP contribution in [-0.4, -0.2) is 36.8 Å². The Balaban J connectivity index is 1.34. The van der Waals surface area contributed by atoms with Crippen molar-refractivity contribution in [2.24, 2.45) is 0 Å². The Morgan fingerprint density at radius 2 is 0.764 bits per heavy atom. The van der Waals surface area contributed by atoms with E-state index < -0.39 is 5.97 Å². The summed E-state index contributed by atoms with van der Waals surface area (Å²) in [6.45, 7) is 8.80. The second-order valence-corrected chi connectivity index (χ2v) is 20.4. The van der Waals surface area contributed by atoms with E-state index in [-0.39, 0.29) is 11.5 Å². The quantitative estimate of drug-likeness (QED) is 0.0299. The van der Waals surface area contributed by atoms with E-state index >= 15 is 0 Å². The molecule has 0 bridgehead atoms. The standard InChI is InChI=1S/C65H93NO6/c1-4-7-10-13-16-19-22-25-28-35-46-70-60-49-54(50-61(71-47-36-29-26-23-20-17-14-11-8-5-2)63(60)72-48-37-30-27-24-21-18-15-12-9-6-3)64(67)66-51-59-55-38-31-33-40-57(55)62(58-41-34-32-39-56(58)59)52-42-44-53(45-43-52)65(68)69/h31-34,38-45,49-50H,4-30,35-37,46-48,51H2,1-3H3,(H,66,67)(H,68,69). The number of carboxylic acid groups (broad SMARTS) is 1. The second-order valence-electron chi connectivity index (χ2n) is 20.4. The first-order valence-electron chi connectivity index (χ1n) is 29.1. The van der Waals surface area contributed by atoms with Crippen LogP contribution in [-0.2, 0) is 6.54 Å². The Morgan fingerprint density at radius 1 is 0.417 bits per heavy atom. The third kappa shape index (κ3) is 20.1. The van der Waals surface area contributed by atoms with Crippen LogP contribution in [0.3, 0.4) is 0 Å². The zero-order valence-electron chi connectivity index (χ0n) is 45.1. The summed E-state index contributed by atoms with van der Waals surface area (Å²) in [4.78, 5) is 26.3. The van der Waals surface area contributed by atoms with Crippen LogP contribution in [0.4, 0.5) is 0 Å². The molecule has 0 atom stereocenters. The van der Waals surface area contributed by atoms with Crippen molar-refractivity contribution >= 4 is 33.4 Å². The zero-order valence-corrected chi connectivity index (χ0v) is 45.1. The van der Waals surface area contributed by atoms with E-state index in [0.29, 0.717) is 49.2 Å². The summed E-state index contributed by atoms with van der Waals surface area (Å²) in [6, 6.07) is 27.4. The monoisotopic (exact) mass is 984 g/mol. The van der Waals surface area contributed by atoms with E-state index in [2.05, 4.69) is 50.4 Å². The van der Waals surface area contributed by atoms with E-state index in [1.165, 1.54) is 154 Å². The number of fused-ring (bicyclic) bond motifs is 2. The molecule has 72 heavy (non-hydrogen) atoms. The lowest BCUT2D eigenvalue weighted by Crippen LogP contribution is -2.23. The third-order valence-corrected chi connectivity index (χ3v) is 14.4. The molecule has 0 aliphatic heterocycles. The number of rotatable bonds is 41. The maximum absolute atomic E-state index is 14.5. The van der Waals surface area contributed by atoms with E-state index in [1.54, 1.807) is 12.1 Å². The summed E-state index contributed by atoms with van der Waals surface area (Å²) in [7, 11) is 0. The minimum atomic E-state index is -0.950. The van der Waals surface area contributed by atoms with Gasteiger partial charge in [0.15, 0.2) is 11.5 Å². The molecule has 1 amide bonds. The van der Waals surface area contributed by atoms with Crippen molar-refractivity contribution in [3.8, 4) is 28.4 Å². The number of hydrogen-bond acceptors (Lipinski definition) is 5. The first-order chi connectivity index (χ1) is 35.5. The van der Waals surface area contributed by atoms with Gasteiger partial charge in [-0.05, 0) is 81.8 Å². The number of amides is 1. The van der Waals surface area contributed by atoms with Crippen LogP contribution in [0.5, 0.6) is 17.2 Å². The Kier molecular flexibility index (Phi) is 28.3. The van der Waals surface area contributed by atoms with Crippen LogP contribution in [0.25, 0.3) is 32.7 Å². The maximum Gasteiger partial charge on any atom is 0.335 e. The third-order valence-electron chi connectivity index (χ3n) is 14.4. The number of benzene rings is 5. The van der Waals surface area contributed by atoms with Crippen LogP contribution in [0.15, 0.2) is 84.9 Å². The molecule has 5 aromatic rings. The Bertz CT molecular complexity index is 2180. The van der Waals surface area contributed by atoms with Gasteiger partial charge in [-0.15, -0.1) is 0 Å². The molecule has 0 saturated heterocycles. The van der Waals surface area contributed by atoms with E-state index in [1.807, 2.05) is 48.5 Å². The molecule has 0 aliphatic rings. The highest BCUT2D eigenvalue weighted by Crippen LogP contribution is 2.41. The molecule has 2 N–H and O–H groups in total. The van der Waals surface area contributed by atoms with Crippen molar-refractivity contribution in [1.29, 1.82) is 0 Å². The van der Waals surface area contributed by atoms with Gasteiger partial charge in [-0.3, -0.25) is 4.79 Å². The van der Waals surface area contributed by atoms with Gasteiger partial charge in [-0.2, -0.15) is 0 Å². The van der Waals surface area contributed by atoms with Crippen LogP contribution >= 0.6 is 0 Å². The largest absolute Gasteiger partial charge is 0.490 e. The van der Waals surface area contributed by atoms with Crippen molar-refractivity contribution in [3.63, 3.8) is 0 Å². The average Bonchev–Trinajstić information content (AvgIpc) is 3.40. The fourth-order valence-electron chi connectivity index (χ4n) is 10.1. The van der Waals surface area contributed by atoms with Gasteiger partial charge in [-0.1, -0.05) is 255 Å². The predicted octanol–water partition coefficient (Wildman–Crippen LogP) is 19.2. The Hall–Kier alpha value is -5.04. The van der Waals surface area contributed by atoms with Gasteiger partial charge >= 0.3 is 5.97 Å². The molecule has 5 aromatic carbocycles. The van der Waals surface area contributed by atoms with E-state index in [0.717, 1.165) is 76.8 Å². The maximum atomic E-state index is 14.5. The molecule has 0 aromatic heterocycles. The van der Waals surface area contributed by atoms with Gasteiger partial charge in [0.1, 0.15) is 0 Å². The van der Waals surface area contributed by atoms with Gasteiger partial charge in [0.05, 0.1) is 25.4 Å². The molecule has 0 radical (unpaired) electrons. The second kappa shape index (κ2) is 35.2. The minimum Gasteiger partial charge on any atom is -0.490 e. The highest BCUT2D eigenvalue weighted by atomic mass is 16.5. The molecule has 0 aliphatic carbocycles. The number of ether oxygens (including phenoxy) is 3. The number of carbonyl (C=O) groups is 2. The number of nitrogens with one attached hydrogen (secondary N) is 1. The van der Waals surface area contributed by atoms with Gasteiger partial charge in [0, 0.05) is 12.1 Å². The van der Waals surface area contributed by atoms with Gasteiger partial charge in [-0.25, -0.2) is 4.79 Å². The molecule has 0 heterocycles. The van der Waals surface area contributed by atoms with Crippen molar-refractivity contribution in [3.05, 3.63) is 102 Å². The predicted molar refractivity (Wildman–Crippen MR) is 303 cm³/mol. The fraction of sp³-hybridized carbons (Fsp3) is 0.569. The first kappa shape index (κ1) is 57.9. The molecule has 394 valence electrons. The van der Waals surface area contributed by atoms with Gasteiger partial charge in [0.2, 0.25) is 5.75 Å². The molecule has 7 nitrogen and oxygen atoms in total. The molecular formula is C65H93NO6. The number of carboxylic acids is 1. The number of aromatic carboxylic acids is 1. The lowest BCUT2D eigenvalue weighted by atomic mass is 9.88. The number of hydrogen-bond donors (Lipinski definition) is 2. The van der Waals surface area contributed by atoms with E-state index in [4.69, 9.17) is 14.2 Å². The van der Waals surface area contributed by atoms with Gasteiger partial charge in [0.25, 0.3) is 5.91 Å². The van der Waals surface area contributed by atoms with Crippen molar-refractivity contribution in [1.82, 2.24) is 5.32 Å². The lowest BCUT2D eigenvalue weighted by Gasteiger charge is -2.20. The number of unbranched alkanes of at least 4 members (excludes halogenated alkanes) is 27. The van der Waals surface area contributed by atoms with Crippen molar-refractivity contribution in [2.75, 3.05) is 19.8 Å². The minimum absolute atomic E-state index is 0.203. The first-order valence-corrected chi connectivity index (χ1v) is 29.1. The molecular weight excluding hydrogens is 891 g/mol. The Morgan fingerprint density at radius 3 is 1.14 bits per heavy atom. The van der Waals surface area contributed by atoms with Crippen molar-refractivity contribution in [2.45, 2.75) is 220 Å². The summed E-state index contributed by atoms with van der Waals surface area (Å²) in [5.41, 5.74) is 3.73. The summed E-state index contributed by atoms with van der Waals surface area (Å²) in [5, 5.41) is 17.1. The SMILES string of the molecule is CCCCCCCCCCCCOc1cc(C(=O)NCc2c3ccccc3c(-c3ccc(C(=O)O)cc3)c3ccccc23)cc(OCCCCCCCCCCCC)c1OCCCCCCCCCCCC. The highest BCUT2D eigenvalue weighted by molar-refractivity contribution is 6.15. The molecule has 7 heteroatoms. The summed E-state index contributed by atoms with van der Waals surface area (Å²) in [6.07, 6.45) is 37.5. The summed E-state index contributed by atoms with van der Waals surface area (Å²) < 4.78 is 19.9. The highest BCUT2D eigenvalue weighted by Gasteiger charge is 2.21.